The van der Waals surface area contributed by atoms with Gasteiger partial charge in [0.25, 0.3) is 5.91 Å². The molecule has 9 heteroatoms. The Morgan fingerprint density at radius 1 is 1.30 bits per heavy atom. The molecule has 1 amide bonds. The van der Waals surface area contributed by atoms with Gasteiger partial charge in [0.15, 0.2) is 17.2 Å². The van der Waals surface area contributed by atoms with Crippen LogP contribution in [-0.2, 0) is 6.42 Å². The van der Waals surface area contributed by atoms with Gasteiger partial charge in [-0.3, -0.25) is 9.89 Å². The summed E-state index contributed by atoms with van der Waals surface area (Å²) in [6.07, 6.45) is 0.442. The number of amides is 1. The Morgan fingerprint density at radius 3 is 2.85 bits per heavy atom. The second-order valence-corrected chi connectivity index (χ2v) is 6.46. The molecule has 0 spiro atoms. The van der Waals surface area contributed by atoms with Crippen LogP contribution in [0, 0.1) is 0 Å². The maximum Gasteiger partial charge on any atom is 0.387 e. The number of carbonyl (C=O) groups is 1. The van der Waals surface area contributed by atoms with Gasteiger partial charge in [-0.1, -0.05) is 12.1 Å². The van der Waals surface area contributed by atoms with Crippen LogP contribution >= 0.6 is 11.3 Å². The van der Waals surface area contributed by atoms with Gasteiger partial charge in [-0.2, -0.15) is 13.9 Å². The summed E-state index contributed by atoms with van der Waals surface area (Å²) in [5.41, 5.74) is 1.79. The number of rotatable bonds is 8. The molecule has 6 nitrogen and oxygen atoms in total. The zero-order chi connectivity index (χ0) is 19.2. The van der Waals surface area contributed by atoms with Gasteiger partial charge < -0.3 is 14.8 Å². The van der Waals surface area contributed by atoms with E-state index in [4.69, 9.17) is 4.74 Å². The van der Waals surface area contributed by atoms with Crippen molar-refractivity contribution in [2.24, 2.45) is 0 Å². The largest absolute Gasteiger partial charge is 0.493 e. The van der Waals surface area contributed by atoms with E-state index in [1.807, 2.05) is 17.5 Å². The molecule has 3 aromatic rings. The molecule has 0 fully saturated rings. The molecule has 0 aliphatic rings. The summed E-state index contributed by atoms with van der Waals surface area (Å²) < 4.78 is 34.4. The Balaban J connectivity index is 1.57. The summed E-state index contributed by atoms with van der Waals surface area (Å²) in [6.45, 7) is -2.62. The highest BCUT2D eigenvalue weighted by molar-refractivity contribution is 7.13. The molecule has 0 saturated carbocycles. The number of H-pyrrole nitrogens is 1. The van der Waals surface area contributed by atoms with Gasteiger partial charge in [-0.05, 0) is 41.6 Å². The molecule has 2 N–H and O–H groups in total. The van der Waals surface area contributed by atoms with Crippen LogP contribution < -0.4 is 14.8 Å². The first-order valence-corrected chi connectivity index (χ1v) is 8.94. The van der Waals surface area contributed by atoms with Crippen LogP contribution in [0.1, 0.15) is 16.1 Å². The minimum Gasteiger partial charge on any atom is -0.493 e. The average molecular weight is 393 g/mol. The number of nitrogens with zero attached hydrogens (tertiary/aromatic N) is 1. The minimum atomic E-state index is -2.94. The zero-order valence-electron chi connectivity index (χ0n) is 14.4. The van der Waals surface area contributed by atoms with Gasteiger partial charge in [-0.15, -0.1) is 11.3 Å². The van der Waals surface area contributed by atoms with Crippen molar-refractivity contribution in [1.29, 1.82) is 0 Å². The number of carbonyl (C=O) groups excluding carboxylic acids is 1. The molecule has 0 radical (unpaired) electrons. The molecule has 1 aromatic carbocycles. The van der Waals surface area contributed by atoms with E-state index in [1.54, 1.807) is 29.5 Å². The lowest BCUT2D eigenvalue weighted by Gasteiger charge is -2.11. The average Bonchev–Trinajstić information content (AvgIpc) is 3.33. The van der Waals surface area contributed by atoms with E-state index >= 15 is 0 Å². The second-order valence-electron chi connectivity index (χ2n) is 5.51. The van der Waals surface area contributed by atoms with Crippen molar-refractivity contribution < 1.29 is 23.0 Å². The van der Waals surface area contributed by atoms with Gasteiger partial charge in [0.05, 0.1) is 17.7 Å². The first-order valence-electron chi connectivity index (χ1n) is 8.06. The number of aromatic amines is 1. The number of benzene rings is 1. The van der Waals surface area contributed by atoms with Crippen molar-refractivity contribution in [2.75, 3.05) is 13.7 Å². The number of ether oxygens (including phenoxy) is 2. The van der Waals surface area contributed by atoms with Crippen LogP contribution in [0.2, 0.25) is 0 Å². The molecule has 2 heterocycles. The third kappa shape index (κ3) is 4.82. The molecular formula is C18H17F2N3O3S. The smallest absolute Gasteiger partial charge is 0.387 e. The first-order chi connectivity index (χ1) is 13.1. The van der Waals surface area contributed by atoms with Crippen molar-refractivity contribution in [2.45, 2.75) is 13.0 Å². The third-order valence-corrected chi connectivity index (χ3v) is 4.64. The lowest BCUT2D eigenvalue weighted by Crippen LogP contribution is -2.26. The number of thiophene rings is 1. The summed E-state index contributed by atoms with van der Waals surface area (Å²) in [5.74, 6) is -0.128. The summed E-state index contributed by atoms with van der Waals surface area (Å²) in [6, 6.07) is 10.3. The Morgan fingerprint density at radius 2 is 2.15 bits per heavy atom. The predicted octanol–water partition coefficient (Wildman–Crippen LogP) is 3.72. The molecule has 0 bridgehead atoms. The monoisotopic (exact) mass is 393 g/mol. The Labute approximate surface area is 158 Å². The van der Waals surface area contributed by atoms with Crippen LogP contribution in [0.4, 0.5) is 8.78 Å². The van der Waals surface area contributed by atoms with Crippen molar-refractivity contribution in [3.05, 3.63) is 53.0 Å². The molecule has 142 valence electrons. The maximum atomic E-state index is 12.5. The quantitative estimate of drug-likeness (QED) is 0.612. The number of hydrogen-bond donors (Lipinski definition) is 2. The first kappa shape index (κ1) is 18.8. The molecule has 3 rings (SSSR count). The molecule has 2 aromatic heterocycles. The van der Waals surface area contributed by atoms with E-state index in [9.17, 15) is 13.6 Å². The fraction of sp³-hybridized carbons (Fsp3) is 0.222. The summed E-state index contributed by atoms with van der Waals surface area (Å²) in [5, 5.41) is 11.5. The highest BCUT2D eigenvalue weighted by Gasteiger charge is 2.13. The highest BCUT2D eigenvalue weighted by atomic mass is 32.1. The fourth-order valence-electron chi connectivity index (χ4n) is 2.47. The van der Waals surface area contributed by atoms with Gasteiger partial charge in [0, 0.05) is 6.54 Å². The van der Waals surface area contributed by atoms with E-state index in [2.05, 4.69) is 20.3 Å². The van der Waals surface area contributed by atoms with Crippen LogP contribution in [0.3, 0.4) is 0 Å². The van der Waals surface area contributed by atoms with Gasteiger partial charge in [0.2, 0.25) is 0 Å². The lowest BCUT2D eigenvalue weighted by molar-refractivity contribution is -0.0512. The molecule has 0 atom stereocenters. The third-order valence-electron chi connectivity index (χ3n) is 3.74. The molecule has 0 aliphatic carbocycles. The fourth-order valence-corrected chi connectivity index (χ4v) is 3.16. The zero-order valence-corrected chi connectivity index (χ0v) is 15.2. The van der Waals surface area contributed by atoms with Crippen LogP contribution in [0.25, 0.3) is 10.6 Å². The van der Waals surface area contributed by atoms with Gasteiger partial charge in [-0.25, -0.2) is 0 Å². The van der Waals surface area contributed by atoms with E-state index < -0.39 is 6.61 Å². The number of methoxy groups -OCH3 is 1. The van der Waals surface area contributed by atoms with Crippen molar-refractivity contribution in [1.82, 2.24) is 15.5 Å². The van der Waals surface area contributed by atoms with Crippen molar-refractivity contribution in [3.8, 4) is 22.1 Å². The topological polar surface area (TPSA) is 76.2 Å². The van der Waals surface area contributed by atoms with E-state index in [1.165, 1.54) is 13.2 Å². The van der Waals surface area contributed by atoms with Crippen LogP contribution in [-0.4, -0.2) is 36.4 Å². The number of halogens is 2. The minimum absolute atomic E-state index is 0.0378. The van der Waals surface area contributed by atoms with Gasteiger partial charge >= 0.3 is 6.61 Å². The Bertz CT molecular complexity index is 897. The number of hydrogen-bond acceptors (Lipinski definition) is 5. The standard InChI is InChI=1S/C18H17F2N3O3S/c1-25-14-5-4-11(9-15(14)26-18(19)20)6-7-21-17(24)13-10-12(22-23-13)16-3-2-8-27-16/h2-5,8-10,18H,6-7H2,1H3,(H,21,24)(H,22,23). The lowest BCUT2D eigenvalue weighted by atomic mass is 10.1. The normalized spacial score (nSPS) is 10.8. The SMILES string of the molecule is COc1ccc(CCNC(=O)c2cc(-c3cccs3)[nH]n2)cc1OC(F)F. The second kappa shape index (κ2) is 8.63. The van der Waals surface area contributed by atoms with Gasteiger partial charge in [0.1, 0.15) is 0 Å². The highest BCUT2D eigenvalue weighted by Crippen LogP contribution is 2.29. The van der Waals surface area contributed by atoms with Crippen LogP contribution in [0.15, 0.2) is 41.8 Å². The van der Waals surface area contributed by atoms with E-state index in [0.717, 1.165) is 16.1 Å². The molecule has 27 heavy (non-hydrogen) atoms. The number of nitrogens with one attached hydrogen (secondary N) is 2. The molecular weight excluding hydrogens is 376 g/mol. The Hall–Kier alpha value is -2.94. The van der Waals surface area contributed by atoms with Crippen molar-refractivity contribution >= 4 is 17.2 Å². The molecule has 0 aliphatic heterocycles. The molecule has 0 unspecified atom stereocenters. The van der Waals surface area contributed by atoms with Crippen molar-refractivity contribution in [3.63, 3.8) is 0 Å². The maximum absolute atomic E-state index is 12.5. The number of aromatic nitrogens is 2. The number of alkyl halides is 2. The van der Waals surface area contributed by atoms with Crippen LogP contribution in [0.5, 0.6) is 11.5 Å². The summed E-state index contributed by atoms with van der Waals surface area (Å²) >= 11 is 1.55. The summed E-state index contributed by atoms with van der Waals surface area (Å²) in [7, 11) is 1.38. The Kier molecular flexibility index (Phi) is 6.02. The van der Waals surface area contributed by atoms with E-state index in [-0.39, 0.29) is 23.1 Å². The van der Waals surface area contributed by atoms with E-state index in [0.29, 0.717) is 13.0 Å². The predicted molar refractivity (Wildman–Crippen MR) is 97.6 cm³/mol. The summed E-state index contributed by atoms with van der Waals surface area (Å²) in [4.78, 5) is 13.2. The molecule has 0 saturated heterocycles.